The number of sulfonamides is 1. The molecule has 0 bridgehead atoms. The average Bonchev–Trinajstić information content (AvgIpc) is 3.26. The molecule has 1 saturated heterocycles. The molecule has 1 aromatic heterocycles. The van der Waals surface area contributed by atoms with Gasteiger partial charge in [-0.2, -0.15) is 4.31 Å². The van der Waals surface area contributed by atoms with E-state index < -0.39 is 10.0 Å². The summed E-state index contributed by atoms with van der Waals surface area (Å²) >= 11 is 0. The van der Waals surface area contributed by atoms with Crippen LogP contribution in [0.2, 0.25) is 0 Å². The fourth-order valence-electron chi connectivity index (χ4n) is 4.55. The maximum atomic E-state index is 13.3. The Morgan fingerprint density at radius 3 is 2.44 bits per heavy atom. The van der Waals surface area contributed by atoms with Crippen LogP contribution in [-0.2, 0) is 22.9 Å². The zero-order chi connectivity index (χ0) is 22.3. The second kappa shape index (κ2) is 8.27. The second-order valence-corrected chi connectivity index (χ2v) is 10.4. The van der Waals surface area contributed by atoms with Crippen LogP contribution in [0.3, 0.4) is 0 Å². The number of benzene rings is 2. The highest BCUT2D eigenvalue weighted by molar-refractivity contribution is 7.89. The number of para-hydroxylation sites is 1. The van der Waals surface area contributed by atoms with Crippen molar-refractivity contribution in [3.63, 3.8) is 0 Å². The van der Waals surface area contributed by atoms with Crippen molar-refractivity contribution in [1.82, 2.24) is 14.2 Å². The smallest absolute Gasteiger partial charge is 0.256 e. The van der Waals surface area contributed by atoms with Crippen LogP contribution >= 0.6 is 0 Å². The summed E-state index contributed by atoms with van der Waals surface area (Å²) in [5, 5.41) is 3.81. The molecule has 2 heterocycles. The Morgan fingerprint density at radius 1 is 0.969 bits per heavy atom. The molecule has 2 aromatic carbocycles. The molecule has 0 radical (unpaired) electrons. The largest absolute Gasteiger partial charge is 0.322 e. The van der Waals surface area contributed by atoms with Gasteiger partial charge in [0.1, 0.15) is 0 Å². The van der Waals surface area contributed by atoms with Gasteiger partial charge in [-0.1, -0.05) is 18.2 Å². The van der Waals surface area contributed by atoms with E-state index in [1.165, 1.54) is 4.31 Å². The van der Waals surface area contributed by atoms with Crippen molar-refractivity contribution in [2.75, 3.05) is 38.5 Å². The Bertz CT molecular complexity index is 1280. The van der Waals surface area contributed by atoms with Crippen LogP contribution in [0.4, 0.5) is 5.69 Å². The molecule has 166 valence electrons. The van der Waals surface area contributed by atoms with Crippen molar-refractivity contribution in [1.29, 1.82) is 0 Å². The van der Waals surface area contributed by atoms with Gasteiger partial charge in [0.05, 0.1) is 16.0 Å². The fourth-order valence-corrected chi connectivity index (χ4v) is 5.97. The number of piperazine rings is 1. The molecule has 8 heteroatoms. The highest BCUT2D eigenvalue weighted by atomic mass is 32.2. The van der Waals surface area contributed by atoms with E-state index in [0.29, 0.717) is 24.3 Å². The number of likely N-dealkylation sites (N-methyl/N-ethyl adjacent to an activating group) is 1. The number of rotatable bonds is 4. The molecule has 7 nitrogen and oxygen atoms in total. The minimum absolute atomic E-state index is 0.184. The molecule has 0 saturated carbocycles. The van der Waals surface area contributed by atoms with E-state index >= 15 is 0 Å². The first-order valence-electron chi connectivity index (χ1n) is 10.9. The highest BCUT2D eigenvalue weighted by Gasteiger charge is 2.28. The molecular weight excluding hydrogens is 424 g/mol. The Hall–Kier alpha value is -2.81. The molecular formula is C24H26N4O3S. The van der Waals surface area contributed by atoms with Crippen molar-refractivity contribution in [3.05, 3.63) is 65.4 Å². The second-order valence-electron chi connectivity index (χ2n) is 8.47. The normalized spacial score (nSPS) is 17.4. The number of fused-ring (bicyclic) bond motifs is 2. The van der Waals surface area contributed by atoms with Crippen LogP contribution in [0.5, 0.6) is 0 Å². The third-order valence-electron chi connectivity index (χ3n) is 6.36. The summed E-state index contributed by atoms with van der Waals surface area (Å²) in [6.07, 6.45) is 2.73. The van der Waals surface area contributed by atoms with Crippen LogP contribution in [0.1, 0.15) is 28.0 Å². The molecule has 2 aliphatic rings. The summed E-state index contributed by atoms with van der Waals surface area (Å²) in [5.41, 5.74) is 4.10. The lowest BCUT2D eigenvalue weighted by Gasteiger charge is -2.31. The van der Waals surface area contributed by atoms with E-state index in [-0.39, 0.29) is 10.8 Å². The van der Waals surface area contributed by atoms with Gasteiger partial charge in [-0.3, -0.25) is 9.78 Å². The standard InChI is InChI=1S/C24H26N4O3S/c1-27-13-15-28(16-14-27)32(30,31)18-11-9-17(10-12-18)25-24(29)23-19-5-2-3-7-21(19)26-22-8-4-6-20(22)23/h2-3,5,7,9-12H,4,6,8,13-16H2,1H3,(H,25,29). The molecule has 0 spiro atoms. The molecule has 32 heavy (non-hydrogen) atoms. The lowest BCUT2D eigenvalue weighted by Crippen LogP contribution is -2.46. The highest BCUT2D eigenvalue weighted by Crippen LogP contribution is 2.30. The molecule has 3 aromatic rings. The molecule has 1 N–H and O–H groups in total. The van der Waals surface area contributed by atoms with Crippen molar-refractivity contribution in [2.45, 2.75) is 24.2 Å². The van der Waals surface area contributed by atoms with Gasteiger partial charge in [-0.25, -0.2) is 8.42 Å². The monoisotopic (exact) mass is 450 g/mol. The number of aromatic nitrogens is 1. The third kappa shape index (κ3) is 3.79. The Morgan fingerprint density at radius 2 is 1.69 bits per heavy atom. The predicted octanol–water partition coefficient (Wildman–Crippen LogP) is 2.91. The van der Waals surface area contributed by atoms with E-state index in [9.17, 15) is 13.2 Å². The first-order valence-corrected chi connectivity index (χ1v) is 12.4. The van der Waals surface area contributed by atoms with E-state index in [2.05, 4.69) is 10.2 Å². The zero-order valence-electron chi connectivity index (χ0n) is 18.0. The van der Waals surface area contributed by atoms with Crippen LogP contribution in [0.25, 0.3) is 10.9 Å². The number of nitrogens with one attached hydrogen (secondary N) is 1. The quantitative estimate of drug-likeness (QED) is 0.661. The van der Waals surface area contributed by atoms with E-state index in [4.69, 9.17) is 4.98 Å². The lowest BCUT2D eigenvalue weighted by atomic mass is 10.0. The molecule has 1 aliphatic carbocycles. The predicted molar refractivity (Wildman–Crippen MR) is 124 cm³/mol. The van der Waals surface area contributed by atoms with Gasteiger partial charge in [0.25, 0.3) is 5.91 Å². The molecule has 1 aliphatic heterocycles. The van der Waals surface area contributed by atoms with E-state index in [1.54, 1.807) is 24.3 Å². The summed E-state index contributed by atoms with van der Waals surface area (Å²) < 4.78 is 27.4. The topological polar surface area (TPSA) is 82.6 Å². The third-order valence-corrected chi connectivity index (χ3v) is 8.27. The summed E-state index contributed by atoms with van der Waals surface area (Å²) in [7, 11) is -1.55. The van der Waals surface area contributed by atoms with Gasteiger partial charge >= 0.3 is 0 Å². The van der Waals surface area contributed by atoms with Gasteiger partial charge in [0, 0.05) is 42.9 Å². The number of carbonyl (C=O) groups is 1. The van der Waals surface area contributed by atoms with E-state index in [1.807, 2.05) is 31.3 Å². The summed E-state index contributed by atoms with van der Waals surface area (Å²) in [6, 6.07) is 14.2. The van der Waals surface area contributed by atoms with E-state index in [0.717, 1.165) is 54.5 Å². The van der Waals surface area contributed by atoms with Crippen molar-refractivity contribution < 1.29 is 13.2 Å². The summed E-state index contributed by atoms with van der Waals surface area (Å²) in [4.78, 5) is 20.4. The number of nitrogens with zero attached hydrogens (tertiary/aromatic N) is 3. The number of amides is 1. The molecule has 0 atom stereocenters. The van der Waals surface area contributed by atoms with Crippen molar-refractivity contribution in [2.24, 2.45) is 0 Å². The van der Waals surface area contributed by atoms with Gasteiger partial charge in [-0.15, -0.1) is 0 Å². The number of anilines is 1. The van der Waals surface area contributed by atoms with Gasteiger partial charge < -0.3 is 10.2 Å². The SMILES string of the molecule is CN1CCN(S(=O)(=O)c2ccc(NC(=O)c3c4c(nc5ccccc35)CCC4)cc2)CC1. The fraction of sp³-hybridized carbons (Fsp3) is 0.333. The molecule has 5 rings (SSSR count). The number of carbonyl (C=O) groups excluding carboxylic acids is 1. The maximum absolute atomic E-state index is 13.3. The van der Waals surface area contributed by atoms with Gasteiger partial charge in [0.15, 0.2) is 0 Å². The zero-order valence-corrected chi connectivity index (χ0v) is 18.9. The van der Waals surface area contributed by atoms with Crippen LogP contribution in [0.15, 0.2) is 53.4 Å². The summed E-state index contributed by atoms with van der Waals surface area (Å²) in [6.45, 7) is 2.41. The lowest BCUT2D eigenvalue weighted by molar-refractivity contribution is 0.102. The molecule has 1 amide bonds. The Labute approximate surface area is 188 Å². The maximum Gasteiger partial charge on any atom is 0.256 e. The first kappa shape index (κ1) is 21.1. The van der Waals surface area contributed by atoms with Crippen molar-refractivity contribution >= 4 is 32.5 Å². The Balaban J connectivity index is 1.40. The minimum atomic E-state index is -3.53. The van der Waals surface area contributed by atoms with Gasteiger partial charge in [-0.05, 0) is 62.2 Å². The number of hydrogen-bond acceptors (Lipinski definition) is 5. The number of aryl methyl sites for hydroxylation is 1. The van der Waals surface area contributed by atoms with Crippen molar-refractivity contribution in [3.8, 4) is 0 Å². The van der Waals surface area contributed by atoms with Crippen LogP contribution < -0.4 is 5.32 Å². The Kier molecular flexibility index (Phi) is 5.44. The van der Waals surface area contributed by atoms with Gasteiger partial charge in [0.2, 0.25) is 10.0 Å². The number of hydrogen-bond donors (Lipinski definition) is 1. The first-order chi connectivity index (χ1) is 15.4. The molecule has 1 fully saturated rings. The minimum Gasteiger partial charge on any atom is -0.322 e. The number of pyridine rings is 1. The average molecular weight is 451 g/mol. The van der Waals surface area contributed by atoms with Crippen LogP contribution in [0, 0.1) is 0 Å². The molecule has 0 unspecified atom stereocenters. The van der Waals surface area contributed by atoms with Crippen LogP contribution in [-0.4, -0.2) is 61.7 Å². The summed E-state index contributed by atoms with van der Waals surface area (Å²) in [5.74, 6) is -0.184.